The van der Waals surface area contributed by atoms with E-state index in [-0.39, 0.29) is 5.91 Å². The van der Waals surface area contributed by atoms with Crippen LogP contribution in [0.5, 0.6) is 0 Å². The molecule has 25 heavy (non-hydrogen) atoms. The summed E-state index contributed by atoms with van der Waals surface area (Å²) in [5, 5.41) is 9.36. The van der Waals surface area contributed by atoms with Crippen LogP contribution in [0.25, 0.3) is 11.1 Å². The highest BCUT2D eigenvalue weighted by Crippen LogP contribution is 2.21. The van der Waals surface area contributed by atoms with Gasteiger partial charge in [0.15, 0.2) is 5.58 Å². The van der Waals surface area contributed by atoms with E-state index < -0.39 is 5.76 Å². The second-order valence-electron chi connectivity index (χ2n) is 5.46. The fraction of sp³-hybridized carbons (Fsp3) is 0.0588. The molecule has 124 valence electrons. The molecule has 2 heterocycles. The van der Waals surface area contributed by atoms with Crippen LogP contribution < -0.4 is 11.1 Å². The summed E-state index contributed by atoms with van der Waals surface area (Å²) in [6.45, 7) is 0. The number of aromatic nitrogens is 4. The number of para-hydroxylation sites is 1. The van der Waals surface area contributed by atoms with Gasteiger partial charge in [0.1, 0.15) is 12.2 Å². The number of benzene rings is 2. The summed E-state index contributed by atoms with van der Waals surface area (Å²) < 4.78 is 5.07. The zero-order chi connectivity index (χ0) is 17.2. The summed E-state index contributed by atoms with van der Waals surface area (Å²) in [5.41, 5.74) is 2.79. The van der Waals surface area contributed by atoms with Crippen molar-refractivity contribution < 1.29 is 9.21 Å². The molecule has 0 saturated carbocycles. The fourth-order valence-corrected chi connectivity index (χ4v) is 2.55. The van der Waals surface area contributed by atoms with Crippen LogP contribution in [0.4, 0.5) is 5.69 Å². The van der Waals surface area contributed by atoms with Gasteiger partial charge in [0.25, 0.3) is 5.91 Å². The average molecular weight is 335 g/mol. The molecular weight excluding hydrogens is 322 g/mol. The van der Waals surface area contributed by atoms with Gasteiger partial charge >= 0.3 is 5.76 Å². The SMILES string of the molecule is O=C(Nc1cccc2[nH]c(=O)oc12)c1ccc(Cc2ncn[nH]2)cc1. The van der Waals surface area contributed by atoms with E-state index in [2.05, 4.69) is 25.5 Å². The number of H-pyrrole nitrogens is 2. The lowest BCUT2D eigenvalue weighted by Gasteiger charge is -2.06. The first-order chi connectivity index (χ1) is 12.2. The minimum atomic E-state index is -0.562. The van der Waals surface area contributed by atoms with Crippen molar-refractivity contribution in [1.82, 2.24) is 20.2 Å². The minimum absolute atomic E-state index is 0.289. The summed E-state index contributed by atoms with van der Waals surface area (Å²) >= 11 is 0. The summed E-state index contributed by atoms with van der Waals surface area (Å²) in [4.78, 5) is 30.4. The van der Waals surface area contributed by atoms with Gasteiger partial charge in [0.05, 0.1) is 11.2 Å². The van der Waals surface area contributed by atoms with E-state index in [1.807, 2.05) is 12.1 Å². The number of carbonyl (C=O) groups is 1. The highest BCUT2D eigenvalue weighted by atomic mass is 16.4. The molecule has 8 nitrogen and oxygen atoms in total. The molecule has 1 amide bonds. The third-order valence-corrected chi connectivity index (χ3v) is 3.75. The topological polar surface area (TPSA) is 117 Å². The lowest BCUT2D eigenvalue weighted by molar-refractivity contribution is 0.102. The highest BCUT2D eigenvalue weighted by molar-refractivity contribution is 6.07. The van der Waals surface area contributed by atoms with E-state index in [0.717, 1.165) is 11.4 Å². The van der Waals surface area contributed by atoms with Gasteiger partial charge in [0.2, 0.25) is 0 Å². The number of hydrogen-bond donors (Lipinski definition) is 3. The maximum absolute atomic E-state index is 12.4. The molecule has 0 fully saturated rings. The van der Waals surface area contributed by atoms with Crippen molar-refractivity contribution in [2.24, 2.45) is 0 Å². The van der Waals surface area contributed by atoms with Gasteiger partial charge in [0, 0.05) is 12.0 Å². The molecule has 0 radical (unpaired) electrons. The second-order valence-corrected chi connectivity index (χ2v) is 5.46. The summed E-state index contributed by atoms with van der Waals surface area (Å²) in [6.07, 6.45) is 2.06. The first-order valence-electron chi connectivity index (χ1n) is 7.55. The fourth-order valence-electron chi connectivity index (χ4n) is 2.55. The largest absolute Gasteiger partial charge is 0.417 e. The number of aromatic amines is 2. The zero-order valence-corrected chi connectivity index (χ0v) is 12.9. The summed E-state index contributed by atoms with van der Waals surface area (Å²) in [5.74, 6) is -0.0950. The maximum atomic E-state index is 12.4. The molecule has 3 N–H and O–H groups in total. The molecule has 4 rings (SSSR count). The van der Waals surface area contributed by atoms with Crippen LogP contribution in [0.15, 0.2) is 58.0 Å². The standard InChI is InChI=1S/C17H13N5O3/c23-16(20-12-2-1-3-13-15(12)25-17(24)21-13)11-6-4-10(5-7-11)8-14-18-9-19-22-14/h1-7,9H,8H2,(H,20,23)(H,21,24)(H,18,19,22). The van der Waals surface area contributed by atoms with Crippen molar-refractivity contribution in [3.8, 4) is 0 Å². The van der Waals surface area contributed by atoms with Crippen LogP contribution in [0.3, 0.4) is 0 Å². The average Bonchev–Trinajstić information content (AvgIpc) is 3.24. The van der Waals surface area contributed by atoms with E-state index >= 15 is 0 Å². The summed E-state index contributed by atoms with van der Waals surface area (Å²) in [7, 11) is 0. The smallest absolute Gasteiger partial charge is 0.406 e. The third kappa shape index (κ3) is 3.05. The molecular formula is C17H13N5O3. The van der Waals surface area contributed by atoms with Gasteiger partial charge in [-0.05, 0) is 29.8 Å². The molecule has 0 spiro atoms. The Morgan fingerprint density at radius 3 is 2.76 bits per heavy atom. The molecule has 0 aliphatic carbocycles. The predicted molar refractivity (Wildman–Crippen MR) is 90.4 cm³/mol. The van der Waals surface area contributed by atoms with Crippen LogP contribution in [0.2, 0.25) is 0 Å². The summed E-state index contributed by atoms with van der Waals surface area (Å²) in [6, 6.07) is 12.3. The highest BCUT2D eigenvalue weighted by Gasteiger charge is 2.11. The molecule has 0 atom stereocenters. The number of fused-ring (bicyclic) bond motifs is 1. The molecule has 0 aliphatic heterocycles. The molecule has 8 heteroatoms. The Balaban J connectivity index is 1.53. The van der Waals surface area contributed by atoms with E-state index in [1.54, 1.807) is 30.3 Å². The van der Waals surface area contributed by atoms with Crippen LogP contribution in [-0.2, 0) is 6.42 Å². The normalized spacial score (nSPS) is 10.9. The van der Waals surface area contributed by atoms with Crippen molar-refractivity contribution in [2.75, 3.05) is 5.32 Å². The van der Waals surface area contributed by atoms with Gasteiger partial charge < -0.3 is 9.73 Å². The quantitative estimate of drug-likeness (QED) is 0.528. The maximum Gasteiger partial charge on any atom is 0.417 e. The van der Waals surface area contributed by atoms with Gasteiger partial charge in [-0.2, -0.15) is 5.10 Å². The van der Waals surface area contributed by atoms with Crippen molar-refractivity contribution >= 4 is 22.7 Å². The van der Waals surface area contributed by atoms with Gasteiger partial charge in [-0.25, -0.2) is 9.78 Å². The van der Waals surface area contributed by atoms with Crippen molar-refractivity contribution in [3.05, 3.63) is 76.3 Å². The van der Waals surface area contributed by atoms with Crippen LogP contribution in [-0.4, -0.2) is 26.1 Å². The Morgan fingerprint density at radius 2 is 2.00 bits per heavy atom. The zero-order valence-electron chi connectivity index (χ0n) is 12.9. The monoisotopic (exact) mass is 335 g/mol. The number of nitrogens with zero attached hydrogens (tertiary/aromatic N) is 2. The first-order valence-corrected chi connectivity index (χ1v) is 7.55. The minimum Gasteiger partial charge on any atom is -0.406 e. The number of nitrogens with one attached hydrogen (secondary N) is 3. The molecule has 0 saturated heterocycles. The first kappa shape index (κ1) is 14.9. The molecule has 0 aliphatic rings. The van der Waals surface area contributed by atoms with Crippen LogP contribution in [0, 0.1) is 0 Å². The Hall–Kier alpha value is -3.68. The molecule has 0 bridgehead atoms. The number of anilines is 1. The second kappa shape index (κ2) is 6.08. The molecule has 4 aromatic rings. The number of oxazole rings is 1. The number of rotatable bonds is 4. The molecule has 0 unspecified atom stereocenters. The Kier molecular flexibility index (Phi) is 3.62. The number of amides is 1. The van der Waals surface area contributed by atoms with Gasteiger partial charge in [-0.1, -0.05) is 18.2 Å². The van der Waals surface area contributed by atoms with Crippen molar-refractivity contribution in [3.63, 3.8) is 0 Å². The number of carbonyl (C=O) groups excluding carboxylic acids is 1. The van der Waals surface area contributed by atoms with Gasteiger partial charge in [-0.3, -0.25) is 14.9 Å². The predicted octanol–water partition coefficient (Wildman–Crippen LogP) is 2.08. The molecule has 2 aromatic heterocycles. The number of hydrogen-bond acceptors (Lipinski definition) is 5. The Morgan fingerprint density at radius 1 is 1.16 bits per heavy atom. The van der Waals surface area contributed by atoms with E-state index in [1.165, 1.54) is 6.33 Å². The third-order valence-electron chi connectivity index (χ3n) is 3.75. The van der Waals surface area contributed by atoms with Crippen molar-refractivity contribution in [2.45, 2.75) is 6.42 Å². The Bertz CT molecular complexity index is 1080. The van der Waals surface area contributed by atoms with E-state index in [0.29, 0.717) is 28.8 Å². The van der Waals surface area contributed by atoms with E-state index in [4.69, 9.17) is 4.42 Å². The van der Waals surface area contributed by atoms with Crippen LogP contribution >= 0.6 is 0 Å². The lowest BCUT2D eigenvalue weighted by Crippen LogP contribution is -2.12. The van der Waals surface area contributed by atoms with Gasteiger partial charge in [-0.15, -0.1) is 0 Å². The Labute approximate surface area is 140 Å². The van der Waals surface area contributed by atoms with Crippen LogP contribution in [0.1, 0.15) is 21.7 Å². The van der Waals surface area contributed by atoms with E-state index in [9.17, 15) is 9.59 Å². The van der Waals surface area contributed by atoms with Crippen molar-refractivity contribution in [1.29, 1.82) is 0 Å². The molecule has 2 aromatic carbocycles. The lowest BCUT2D eigenvalue weighted by atomic mass is 10.1.